The van der Waals surface area contributed by atoms with Crippen LogP contribution in [-0.2, 0) is 25.9 Å². The molecular formula is C20H20ClN3O4S. The van der Waals surface area contributed by atoms with E-state index in [4.69, 9.17) is 16.3 Å². The summed E-state index contributed by atoms with van der Waals surface area (Å²) < 4.78 is 31.6. The van der Waals surface area contributed by atoms with E-state index in [0.29, 0.717) is 43.6 Å². The average Bonchev–Trinajstić information content (AvgIpc) is 2.70. The molecule has 1 fully saturated rings. The number of carbonyl (C=O) groups excluding carboxylic acids is 1. The van der Waals surface area contributed by atoms with Crippen LogP contribution in [0, 0.1) is 6.92 Å². The fourth-order valence-corrected chi connectivity index (χ4v) is 5.03. The van der Waals surface area contributed by atoms with Crippen molar-refractivity contribution < 1.29 is 17.9 Å². The number of fused-ring (bicyclic) bond motifs is 1. The van der Waals surface area contributed by atoms with E-state index in [9.17, 15) is 13.2 Å². The van der Waals surface area contributed by atoms with Gasteiger partial charge in [-0.05, 0) is 30.7 Å². The van der Waals surface area contributed by atoms with Crippen molar-refractivity contribution in [1.29, 1.82) is 0 Å². The molecule has 0 saturated carbocycles. The Balaban J connectivity index is 1.79. The average molecular weight is 434 g/mol. The molecule has 29 heavy (non-hydrogen) atoms. The number of nitrogens with zero attached hydrogens (tertiary/aromatic N) is 3. The highest BCUT2D eigenvalue weighted by Gasteiger charge is 2.39. The minimum absolute atomic E-state index is 0.0289. The minimum Gasteiger partial charge on any atom is -0.378 e. The SMILES string of the molecule is Cc1cccc(CN2N=C(C(=O)N3CCOCC3)S(=O)(=O)c3ccc(Cl)cc32)c1. The summed E-state index contributed by atoms with van der Waals surface area (Å²) >= 11 is 6.12. The summed E-state index contributed by atoms with van der Waals surface area (Å²) in [6, 6.07) is 12.3. The second-order valence-electron chi connectivity index (χ2n) is 6.97. The number of morpholine rings is 1. The Kier molecular flexibility index (Phi) is 5.33. The highest BCUT2D eigenvalue weighted by atomic mass is 35.5. The fourth-order valence-electron chi connectivity index (χ4n) is 3.40. The Morgan fingerprint density at radius 2 is 1.93 bits per heavy atom. The van der Waals surface area contributed by atoms with Crippen molar-refractivity contribution in [1.82, 2.24) is 4.90 Å². The van der Waals surface area contributed by atoms with Gasteiger partial charge >= 0.3 is 0 Å². The molecule has 9 heteroatoms. The summed E-state index contributed by atoms with van der Waals surface area (Å²) in [6.07, 6.45) is 0. The summed E-state index contributed by atoms with van der Waals surface area (Å²) in [5.74, 6) is -0.608. The van der Waals surface area contributed by atoms with E-state index in [1.54, 1.807) is 6.07 Å². The number of ether oxygens (including phenoxy) is 1. The number of anilines is 1. The third-order valence-electron chi connectivity index (χ3n) is 4.85. The molecule has 4 rings (SSSR count). The molecule has 0 atom stereocenters. The van der Waals surface area contributed by atoms with Gasteiger partial charge in [0.25, 0.3) is 5.91 Å². The zero-order chi connectivity index (χ0) is 20.6. The zero-order valence-electron chi connectivity index (χ0n) is 15.8. The van der Waals surface area contributed by atoms with Gasteiger partial charge in [-0.2, -0.15) is 5.10 Å². The number of hydrogen-bond acceptors (Lipinski definition) is 6. The Morgan fingerprint density at radius 3 is 2.66 bits per heavy atom. The van der Waals surface area contributed by atoms with Gasteiger partial charge in [-0.1, -0.05) is 41.4 Å². The number of hydrogen-bond donors (Lipinski definition) is 0. The van der Waals surface area contributed by atoms with Crippen LogP contribution in [0.1, 0.15) is 11.1 Å². The van der Waals surface area contributed by atoms with E-state index < -0.39 is 20.8 Å². The molecule has 152 valence electrons. The van der Waals surface area contributed by atoms with Crippen molar-refractivity contribution in [3.63, 3.8) is 0 Å². The summed E-state index contributed by atoms with van der Waals surface area (Å²) in [4.78, 5) is 14.5. The Hall–Kier alpha value is -2.42. The fraction of sp³-hybridized carbons (Fsp3) is 0.300. The first-order valence-electron chi connectivity index (χ1n) is 9.19. The molecule has 1 amide bonds. The molecule has 2 aromatic rings. The molecule has 2 aliphatic rings. The highest BCUT2D eigenvalue weighted by molar-refractivity contribution is 8.08. The van der Waals surface area contributed by atoms with Crippen molar-refractivity contribution in [3.05, 3.63) is 58.6 Å². The first kappa shape index (κ1) is 19.9. The van der Waals surface area contributed by atoms with Crippen LogP contribution in [-0.4, -0.2) is 50.6 Å². The normalized spacial score (nSPS) is 18.2. The minimum atomic E-state index is -4.06. The van der Waals surface area contributed by atoms with Crippen molar-refractivity contribution in [2.24, 2.45) is 5.10 Å². The van der Waals surface area contributed by atoms with Crippen LogP contribution >= 0.6 is 11.6 Å². The molecule has 0 aliphatic carbocycles. The molecule has 2 aliphatic heterocycles. The lowest BCUT2D eigenvalue weighted by Gasteiger charge is -2.31. The van der Waals surface area contributed by atoms with Crippen molar-refractivity contribution in [2.75, 3.05) is 31.3 Å². The lowest BCUT2D eigenvalue weighted by atomic mass is 10.1. The van der Waals surface area contributed by atoms with E-state index in [0.717, 1.165) is 11.1 Å². The molecule has 0 spiro atoms. The predicted molar refractivity (Wildman–Crippen MR) is 111 cm³/mol. The van der Waals surface area contributed by atoms with Crippen LogP contribution in [0.4, 0.5) is 5.69 Å². The second kappa shape index (κ2) is 7.78. The Bertz CT molecular complexity index is 1090. The van der Waals surface area contributed by atoms with E-state index in [1.165, 1.54) is 22.0 Å². The molecule has 0 aromatic heterocycles. The third-order valence-corrected chi connectivity index (χ3v) is 6.78. The molecule has 2 aromatic carbocycles. The number of halogens is 1. The van der Waals surface area contributed by atoms with Gasteiger partial charge in [-0.25, -0.2) is 8.42 Å². The number of carbonyl (C=O) groups is 1. The number of sulfone groups is 1. The van der Waals surface area contributed by atoms with E-state index in [1.807, 2.05) is 31.2 Å². The molecule has 0 radical (unpaired) electrons. The van der Waals surface area contributed by atoms with Crippen molar-refractivity contribution >= 4 is 38.1 Å². The van der Waals surface area contributed by atoms with Crippen LogP contribution in [0.2, 0.25) is 5.02 Å². The molecule has 0 unspecified atom stereocenters. The first-order valence-corrected chi connectivity index (χ1v) is 11.1. The quantitative estimate of drug-likeness (QED) is 0.743. The number of rotatable bonds is 3. The summed E-state index contributed by atoms with van der Waals surface area (Å²) in [6.45, 7) is 3.70. The Labute approximate surface area is 174 Å². The van der Waals surface area contributed by atoms with Gasteiger partial charge in [0.1, 0.15) is 0 Å². The highest BCUT2D eigenvalue weighted by Crippen LogP contribution is 2.35. The molecular weight excluding hydrogens is 414 g/mol. The molecule has 7 nitrogen and oxygen atoms in total. The summed E-state index contributed by atoms with van der Waals surface area (Å²) in [7, 11) is -4.06. The Morgan fingerprint density at radius 1 is 1.17 bits per heavy atom. The number of hydrazone groups is 1. The van der Waals surface area contributed by atoms with Crippen LogP contribution in [0.15, 0.2) is 52.5 Å². The largest absolute Gasteiger partial charge is 0.378 e. The summed E-state index contributed by atoms with van der Waals surface area (Å²) in [5.41, 5.74) is 2.38. The lowest BCUT2D eigenvalue weighted by molar-refractivity contribution is -0.127. The molecule has 2 heterocycles. The van der Waals surface area contributed by atoms with Gasteiger partial charge in [-0.15, -0.1) is 0 Å². The maximum Gasteiger partial charge on any atom is 0.286 e. The van der Waals surface area contributed by atoms with Crippen LogP contribution in [0.3, 0.4) is 0 Å². The van der Waals surface area contributed by atoms with Gasteiger partial charge < -0.3 is 9.64 Å². The van der Waals surface area contributed by atoms with Crippen LogP contribution in [0.5, 0.6) is 0 Å². The molecule has 0 bridgehead atoms. The van der Waals surface area contributed by atoms with Gasteiger partial charge in [0.15, 0.2) is 0 Å². The predicted octanol–water partition coefficient (Wildman–Crippen LogP) is 2.61. The van der Waals surface area contributed by atoms with Gasteiger partial charge in [0.05, 0.1) is 30.3 Å². The lowest BCUT2D eigenvalue weighted by Crippen LogP contribution is -2.47. The van der Waals surface area contributed by atoms with E-state index in [2.05, 4.69) is 5.10 Å². The maximum absolute atomic E-state index is 13.2. The van der Waals surface area contributed by atoms with E-state index >= 15 is 0 Å². The number of benzene rings is 2. The molecule has 1 saturated heterocycles. The zero-order valence-corrected chi connectivity index (χ0v) is 17.4. The molecule has 0 N–H and O–H groups in total. The van der Waals surface area contributed by atoms with Gasteiger partial charge in [0, 0.05) is 18.1 Å². The smallest absolute Gasteiger partial charge is 0.286 e. The monoisotopic (exact) mass is 433 g/mol. The standard InChI is InChI=1S/C20H20ClN3O4S/c1-14-3-2-4-15(11-14)13-24-17-12-16(21)5-6-18(17)29(26,27)19(22-24)20(25)23-7-9-28-10-8-23/h2-6,11-12H,7-10,13H2,1H3. The van der Waals surface area contributed by atoms with Gasteiger partial charge in [0.2, 0.25) is 14.9 Å². The summed E-state index contributed by atoms with van der Waals surface area (Å²) in [5, 5.41) is 5.75. The van der Waals surface area contributed by atoms with Crippen LogP contribution in [0.25, 0.3) is 0 Å². The number of aryl methyl sites for hydroxylation is 1. The van der Waals surface area contributed by atoms with Crippen molar-refractivity contribution in [3.8, 4) is 0 Å². The van der Waals surface area contributed by atoms with Gasteiger partial charge in [-0.3, -0.25) is 9.80 Å². The first-order chi connectivity index (χ1) is 13.9. The topological polar surface area (TPSA) is 79.3 Å². The van der Waals surface area contributed by atoms with Crippen molar-refractivity contribution in [2.45, 2.75) is 18.4 Å². The second-order valence-corrected chi connectivity index (χ2v) is 9.24. The third kappa shape index (κ3) is 3.88. The van der Waals surface area contributed by atoms with E-state index in [-0.39, 0.29) is 4.90 Å². The maximum atomic E-state index is 13.2. The number of amides is 1. The van der Waals surface area contributed by atoms with Crippen LogP contribution < -0.4 is 5.01 Å².